The van der Waals surface area contributed by atoms with E-state index in [4.69, 9.17) is 14.2 Å². The summed E-state index contributed by atoms with van der Waals surface area (Å²) in [5.74, 6) is 0.925. The second-order valence-electron chi connectivity index (χ2n) is 4.59. The second-order valence-corrected chi connectivity index (χ2v) is 4.59. The largest absolute Gasteiger partial charge is 0.493 e. The SMILES string of the molecule is CCOC(=O)C(c1ccc(OC)c(OC)c1)C(C)C. The van der Waals surface area contributed by atoms with Gasteiger partial charge in [0.1, 0.15) is 0 Å². The highest BCUT2D eigenvalue weighted by molar-refractivity contribution is 5.78. The van der Waals surface area contributed by atoms with E-state index in [0.29, 0.717) is 18.1 Å². The molecule has 0 aromatic heterocycles. The van der Waals surface area contributed by atoms with Gasteiger partial charge in [0.2, 0.25) is 0 Å². The average Bonchev–Trinajstić information content (AvgIpc) is 2.38. The molecule has 4 heteroatoms. The Morgan fingerprint density at radius 3 is 2.26 bits per heavy atom. The van der Waals surface area contributed by atoms with Crippen LogP contribution in [0.25, 0.3) is 0 Å². The van der Waals surface area contributed by atoms with Crippen molar-refractivity contribution in [1.82, 2.24) is 0 Å². The lowest BCUT2D eigenvalue weighted by Gasteiger charge is -2.20. The number of carbonyl (C=O) groups is 1. The minimum atomic E-state index is -0.292. The summed E-state index contributed by atoms with van der Waals surface area (Å²) in [5, 5.41) is 0. The molecule has 0 bridgehead atoms. The lowest BCUT2D eigenvalue weighted by Crippen LogP contribution is -2.21. The summed E-state index contributed by atoms with van der Waals surface area (Å²) in [5.41, 5.74) is 0.881. The quantitative estimate of drug-likeness (QED) is 0.742. The van der Waals surface area contributed by atoms with Crippen LogP contribution in [0.5, 0.6) is 11.5 Å². The van der Waals surface area contributed by atoms with Gasteiger partial charge < -0.3 is 14.2 Å². The summed E-state index contributed by atoms with van der Waals surface area (Å²) in [4.78, 5) is 12.0. The molecule has 0 heterocycles. The molecule has 4 nitrogen and oxygen atoms in total. The fraction of sp³-hybridized carbons (Fsp3) is 0.533. The third-order valence-electron chi connectivity index (χ3n) is 2.97. The maximum absolute atomic E-state index is 12.0. The Morgan fingerprint density at radius 1 is 1.16 bits per heavy atom. The van der Waals surface area contributed by atoms with E-state index in [9.17, 15) is 4.79 Å². The molecule has 106 valence electrons. The van der Waals surface area contributed by atoms with Crippen LogP contribution < -0.4 is 9.47 Å². The van der Waals surface area contributed by atoms with Crippen molar-refractivity contribution in [2.24, 2.45) is 5.92 Å². The van der Waals surface area contributed by atoms with Crippen molar-refractivity contribution >= 4 is 5.97 Å². The minimum absolute atomic E-state index is 0.150. The summed E-state index contributed by atoms with van der Waals surface area (Å²) in [6.07, 6.45) is 0. The molecule has 19 heavy (non-hydrogen) atoms. The van der Waals surface area contributed by atoms with Gasteiger partial charge >= 0.3 is 5.97 Å². The van der Waals surface area contributed by atoms with E-state index in [1.165, 1.54) is 0 Å². The molecule has 0 N–H and O–H groups in total. The van der Waals surface area contributed by atoms with E-state index in [1.807, 2.05) is 39.0 Å². The Labute approximate surface area is 114 Å². The Kier molecular flexibility index (Phi) is 5.67. The lowest BCUT2D eigenvalue weighted by atomic mass is 9.88. The van der Waals surface area contributed by atoms with Crippen molar-refractivity contribution in [3.8, 4) is 11.5 Å². The van der Waals surface area contributed by atoms with Crippen LogP contribution in [0.1, 0.15) is 32.3 Å². The zero-order valence-corrected chi connectivity index (χ0v) is 12.2. The predicted octanol–water partition coefficient (Wildman–Crippen LogP) is 3.01. The molecule has 0 spiro atoms. The van der Waals surface area contributed by atoms with Gasteiger partial charge in [-0.05, 0) is 30.5 Å². The van der Waals surface area contributed by atoms with Gasteiger partial charge in [-0.1, -0.05) is 19.9 Å². The van der Waals surface area contributed by atoms with Crippen molar-refractivity contribution in [3.05, 3.63) is 23.8 Å². The standard InChI is InChI=1S/C15H22O4/c1-6-19-15(16)14(10(2)3)11-7-8-12(17-4)13(9-11)18-5/h7-10,14H,6H2,1-5H3. The zero-order chi connectivity index (χ0) is 14.4. The molecule has 0 amide bonds. The van der Waals surface area contributed by atoms with Gasteiger partial charge in [-0.25, -0.2) is 0 Å². The van der Waals surface area contributed by atoms with Crippen LogP contribution in [0.3, 0.4) is 0 Å². The number of rotatable bonds is 6. The van der Waals surface area contributed by atoms with Crippen LogP contribution >= 0.6 is 0 Å². The van der Waals surface area contributed by atoms with E-state index in [1.54, 1.807) is 14.2 Å². The molecule has 1 rings (SSSR count). The van der Waals surface area contributed by atoms with Crippen LogP contribution in [0, 0.1) is 5.92 Å². The average molecular weight is 266 g/mol. The van der Waals surface area contributed by atoms with Gasteiger partial charge in [-0.15, -0.1) is 0 Å². The summed E-state index contributed by atoms with van der Waals surface area (Å²) in [6, 6.07) is 5.52. The van der Waals surface area contributed by atoms with Gasteiger partial charge in [-0.3, -0.25) is 4.79 Å². The molecule has 0 saturated heterocycles. The fourth-order valence-corrected chi connectivity index (χ4v) is 2.07. The van der Waals surface area contributed by atoms with Crippen LogP contribution in [0.2, 0.25) is 0 Å². The third kappa shape index (κ3) is 3.63. The summed E-state index contributed by atoms with van der Waals surface area (Å²) in [6.45, 7) is 6.19. The fourth-order valence-electron chi connectivity index (χ4n) is 2.07. The van der Waals surface area contributed by atoms with Crippen molar-refractivity contribution in [2.45, 2.75) is 26.7 Å². The highest BCUT2D eigenvalue weighted by atomic mass is 16.5. The number of methoxy groups -OCH3 is 2. The van der Waals surface area contributed by atoms with Gasteiger partial charge in [0.15, 0.2) is 11.5 Å². The number of hydrogen-bond donors (Lipinski definition) is 0. The van der Waals surface area contributed by atoms with E-state index in [0.717, 1.165) is 5.56 Å². The first kappa shape index (κ1) is 15.3. The summed E-state index contributed by atoms with van der Waals surface area (Å²) < 4.78 is 15.6. The number of ether oxygens (including phenoxy) is 3. The maximum Gasteiger partial charge on any atom is 0.313 e. The number of hydrogen-bond acceptors (Lipinski definition) is 4. The molecular formula is C15H22O4. The van der Waals surface area contributed by atoms with Crippen molar-refractivity contribution < 1.29 is 19.0 Å². The smallest absolute Gasteiger partial charge is 0.313 e. The minimum Gasteiger partial charge on any atom is -0.493 e. The number of benzene rings is 1. The van der Waals surface area contributed by atoms with Gasteiger partial charge in [-0.2, -0.15) is 0 Å². The van der Waals surface area contributed by atoms with Gasteiger partial charge in [0.05, 0.1) is 26.7 Å². The maximum atomic E-state index is 12.0. The van der Waals surface area contributed by atoms with Crippen molar-refractivity contribution in [3.63, 3.8) is 0 Å². The van der Waals surface area contributed by atoms with Crippen molar-refractivity contribution in [1.29, 1.82) is 0 Å². The van der Waals surface area contributed by atoms with E-state index in [-0.39, 0.29) is 17.8 Å². The van der Waals surface area contributed by atoms with Crippen LogP contribution in [0.15, 0.2) is 18.2 Å². The number of carbonyl (C=O) groups excluding carboxylic acids is 1. The Hall–Kier alpha value is -1.71. The summed E-state index contributed by atoms with van der Waals surface area (Å²) >= 11 is 0. The van der Waals surface area contributed by atoms with Gasteiger partial charge in [0.25, 0.3) is 0 Å². The molecule has 0 aliphatic heterocycles. The first-order valence-electron chi connectivity index (χ1n) is 6.43. The molecule has 0 aliphatic rings. The molecule has 1 atom stereocenters. The normalized spacial score (nSPS) is 12.1. The molecule has 1 aromatic rings. The molecule has 0 fully saturated rings. The number of esters is 1. The van der Waals surface area contributed by atoms with E-state index in [2.05, 4.69) is 0 Å². The van der Waals surface area contributed by atoms with Gasteiger partial charge in [0, 0.05) is 0 Å². The lowest BCUT2D eigenvalue weighted by molar-refractivity contribution is -0.146. The molecule has 0 radical (unpaired) electrons. The highest BCUT2D eigenvalue weighted by Crippen LogP contribution is 2.33. The first-order chi connectivity index (χ1) is 9.04. The predicted molar refractivity (Wildman–Crippen MR) is 73.8 cm³/mol. The first-order valence-corrected chi connectivity index (χ1v) is 6.43. The molecule has 1 unspecified atom stereocenters. The second kappa shape index (κ2) is 7.02. The Balaban J connectivity index is 3.13. The zero-order valence-electron chi connectivity index (χ0n) is 12.2. The van der Waals surface area contributed by atoms with Crippen LogP contribution in [-0.4, -0.2) is 26.8 Å². The Bertz CT molecular complexity index is 426. The van der Waals surface area contributed by atoms with Crippen LogP contribution in [-0.2, 0) is 9.53 Å². The Morgan fingerprint density at radius 2 is 1.79 bits per heavy atom. The molecular weight excluding hydrogens is 244 g/mol. The monoisotopic (exact) mass is 266 g/mol. The summed E-state index contributed by atoms with van der Waals surface area (Å²) in [7, 11) is 3.17. The van der Waals surface area contributed by atoms with E-state index < -0.39 is 0 Å². The molecule has 0 saturated carbocycles. The van der Waals surface area contributed by atoms with Crippen molar-refractivity contribution in [2.75, 3.05) is 20.8 Å². The highest BCUT2D eigenvalue weighted by Gasteiger charge is 2.26. The van der Waals surface area contributed by atoms with Crippen LogP contribution in [0.4, 0.5) is 0 Å². The van der Waals surface area contributed by atoms with E-state index >= 15 is 0 Å². The molecule has 0 aliphatic carbocycles. The molecule has 1 aromatic carbocycles. The topological polar surface area (TPSA) is 44.8 Å². The third-order valence-corrected chi connectivity index (χ3v) is 2.97.